The summed E-state index contributed by atoms with van der Waals surface area (Å²) < 4.78 is 6.65. The summed E-state index contributed by atoms with van der Waals surface area (Å²) in [5.41, 5.74) is 2.31. The number of aliphatic hydroxyl groups is 1. The number of likely N-dealkylation sites (tertiary alicyclic amines) is 1. The second-order valence-electron chi connectivity index (χ2n) is 7.26. The standard InChI is InChI=1S/C22H27BrN2O3/c1-16(28-21-8-6-19(23)7-9-21)22(27)24-14-17-2-4-18(5-3-17)15-25-12-10-20(26)11-13-25/h2-9,16,20,26H,10-15H2,1H3,(H,24,27). The van der Waals surface area contributed by atoms with Gasteiger partial charge < -0.3 is 15.2 Å². The normalized spacial score (nSPS) is 16.5. The molecule has 0 aliphatic carbocycles. The summed E-state index contributed by atoms with van der Waals surface area (Å²) in [6.07, 6.45) is 1.00. The molecule has 1 saturated heterocycles. The fourth-order valence-electron chi connectivity index (χ4n) is 3.20. The van der Waals surface area contributed by atoms with E-state index in [-0.39, 0.29) is 12.0 Å². The summed E-state index contributed by atoms with van der Waals surface area (Å²) in [6, 6.07) is 15.7. The van der Waals surface area contributed by atoms with Crippen LogP contribution in [-0.4, -0.2) is 41.2 Å². The Morgan fingerprint density at radius 2 is 1.75 bits per heavy atom. The molecule has 1 aliphatic heterocycles. The van der Waals surface area contributed by atoms with Crippen LogP contribution in [0, 0.1) is 0 Å². The molecular formula is C22H27BrN2O3. The smallest absolute Gasteiger partial charge is 0.261 e. The molecule has 1 atom stereocenters. The highest BCUT2D eigenvalue weighted by Crippen LogP contribution is 2.17. The van der Waals surface area contributed by atoms with Crippen LogP contribution in [0.4, 0.5) is 0 Å². The van der Waals surface area contributed by atoms with Crippen LogP contribution < -0.4 is 10.1 Å². The Morgan fingerprint density at radius 3 is 2.39 bits per heavy atom. The first-order chi connectivity index (χ1) is 13.5. The molecule has 0 radical (unpaired) electrons. The zero-order valence-corrected chi connectivity index (χ0v) is 17.7. The first-order valence-electron chi connectivity index (χ1n) is 9.68. The number of carbonyl (C=O) groups excluding carboxylic acids is 1. The van der Waals surface area contributed by atoms with E-state index in [9.17, 15) is 9.90 Å². The van der Waals surface area contributed by atoms with Crippen molar-refractivity contribution >= 4 is 21.8 Å². The van der Waals surface area contributed by atoms with Crippen molar-refractivity contribution in [1.29, 1.82) is 0 Å². The first kappa shape index (κ1) is 20.8. The number of halogens is 1. The van der Waals surface area contributed by atoms with Crippen LogP contribution in [0.25, 0.3) is 0 Å². The van der Waals surface area contributed by atoms with Crippen LogP contribution in [0.1, 0.15) is 30.9 Å². The van der Waals surface area contributed by atoms with Gasteiger partial charge in [-0.05, 0) is 55.2 Å². The molecule has 2 aromatic rings. The van der Waals surface area contributed by atoms with Crippen molar-refractivity contribution in [3.05, 3.63) is 64.1 Å². The van der Waals surface area contributed by atoms with E-state index < -0.39 is 6.10 Å². The number of rotatable bonds is 7. The number of nitrogens with one attached hydrogen (secondary N) is 1. The predicted octanol–water partition coefficient (Wildman–Crippen LogP) is 3.49. The average Bonchev–Trinajstić information content (AvgIpc) is 2.70. The molecule has 0 aromatic heterocycles. The molecule has 6 heteroatoms. The third kappa shape index (κ3) is 6.33. The fraction of sp³-hybridized carbons (Fsp3) is 0.409. The van der Waals surface area contributed by atoms with Gasteiger partial charge in [0.2, 0.25) is 0 Å². The quantitative estimate of drug-likeness (QED) is 0.683. The topological polar surface area (TPSA) is 61.8 Å². The maximum absolute atomic E-state index is 12.3. The molecular weight excluding hydrogens is 420 g/mol. The molecule has 1 heterocycles. The Balaban J connectivity index is 1.43. The SMILES string of the molecule is CC(Oc1ccc(Br)cc1)C(=O)NCc1ccc(CN2CCC(O)CC2)cc1. The molecule has 150 valence electrons. The lowest BCUT2D eigenvalue weighted by atomic mass is 10.1. The Hall–Kier alpha value is -1.89. The van der Waals surface area contributed by atoms with Gasteiger partial charge in [0.15, 0.2) is 6.10 Å². The maximum atomic E-state index is 12.3. The van der Waals surface area contributed by atoms with E-state index in [1.165, 1.54) is 5.56 Å². The Kier molecular flexibility index (Phi) is 7.48. The lowest BCUT2D eigenvalue weighted by Gasteiger charge is -2.29. The van der Waals surface area contributed by atoms with Crippen molar-refractivity contribution in [2.45, 2.75) is 45.1 Å². The number of hydrogen-bond donors (Lipinski definition) is 2. The number of benzene rings is 2. The zero-order chi connectivity index (χ0) is 19.9. The van der Waals surface area contributed by atoms with Crippen molar-refractivity contribution in [2.24, 2.45) is 0 Å². The molecule has 1 unspecified atom stereocenters. The van der Waals surface area contributed by atoms with Gasteiger partial charge >= 0.3 is 0 Å². The average molecular weight is 447 g/mol. The van der Waals surface area contributed by atoms with Crippen molar-refractivity contribution in [1.82, 2.24) is 10.2 Å². The van der Waals surface area contributed by atoms with Gasteiger partial charge in [0.1, 0.15) is 5.75 Å². The Bertz CT molecular complexity index is 756. The fourth-order valence-corrected chi connectivity index (χ4v) is 3.47. The van der Waals surface area contributed by atoms with Gasteiger partial charge in [-0.2, -0.15) is 0 Å². The van der Waals surface area contributed by atoms with Crippen LogP contribution in [0.2, 0.25) is 0 Å². The van der Waals surface area contributed by atoms with Crippen LogP contribution in [0.3, 0.4) is 0 Å². The van der Waals surface area contributed by atoms with Gasteiger partial charge in [-0.25, -0.2) is 0 Å². The van der Waals surface area contributed by atoms with Gasteiger partial charge in [-0.3, -0.25) is 9.69 Å². The molecule has 0 spiro atoms. The van der Waals surface area contributed by atoms with E-state index in [0.29, 0.717) is 12.3 Å². The van der Waals surface area contributed by atoms with E-state index in [4.69, 9.17) is 4.74 Å². The van der Waals surface area contributed by atoms with Crippen molar-refractivity contribution in [2.75, 3.05) is 13.1 Å². The Morgan fingerprint density at radius 1 is 1.14 bits per heavy atom. The molecule has 28 heavy (non-hydrogen) atoms. The largest absolute Gasteiger partial charge is 0.481 e. The minimum absolute atomic E-state index is 0.140. The molecule has 1 fully saturated rings. The summed E-state index contributed by atoms with van der Waals surface area (Å²) in [7, 11) is 0. The van der Waals surface area contributed by atoms with E-state index >= 15 is 0 Å². The van der Waals surface area contributed by atoms with Gasteiger partial charge in [-0.1, -0.05) is 40.2 Å². The minimum atomic E-state index is -0.560. The number of nitrogens with zero attached hydrogens (tertiary/aromatic N) is 1. The van der Waals surface area contributed by atoms with Gasteiger partial charge in [-0.15, -0.1) is 0 Å². The molecule has 2 N–H and O–H groups in total. The zero-order valence-electron chi connectivity index (χ0n) is 16.1. The lowest BCUT2D eigenvalue weighted by molar-refractivity contribution is -0.127. The molecule has 2 aromatic carbocycles. The van der Waals surface area contributed by atoms with E-state index in [2.05, 4.69) is 50.4 Å². The highest BCUT2D eigenvalue weighted by Gasteiger charge is 2.17. The third-order valence-corrected chi connectivity index (χ3v) is 5.48. The van der Waals surface area contributed by atoms with E-state index in [1.807, 2.05) is 24.3 Å². The van der Waals surface area contributed by atoms with E-state index in [0.717, 1.165) is 42.5 Å². The molecule has 1 amide bonds. The van der Waals surface area contributed by atoms with Crippen LogP contribution in [0.15, 0.2) is 53.0 Å². The molecule has 1 aliphatic rings. The highest BCUT2D eigenvalue weighted by atomic mass is 79.9. The summed E-state index contributed by atoms with van der Waals surface area (Å²) in [4.78, 5) is 14.6. The molecule has 3 rings (SSSR count). The molecule has 0 bridgehead atoms. The number of amides is 1. The number of carbonyl (C=O) groups is 1. The second kappa shape index (κ2) is 10.0. The predicted molar refractivity (Wildman–Crippen MR) is 113 cm³/mol. The minimum Gasteiger partial charge on any atom is -0.481 e. The molecule has 5 nitrogen and oxygen atoms in total. The lowest BCUT2D eigenvalue weighted by Crippen LogP contribution is -2.36. The molecule has 0 saturated carbocycles. The Labute approximate surface area is 174 Å². The number of hydrogen-bond acceptors (Lipinski definition) is 4. The van der Waals surface area contributed by atoms with Crippen molar-refractivity contribution in [3.8, 4) is 5.75 Å². The first-order valence-corrected chi connectivity index (χ1v) is 10.5. The summed E-state index contributed by atoms with van der Waals surface area (Å²) in [5.74, 6) is 0.527. The van der Waals surface area contributed by atoms with Crippen LogP contribution in [0.5, 0.6) is 5.75 Å². The number of ether oxygens (including phenoxy) is 1. The highest BCUT2D eigenvalue weighted by molar-refractivity contribution is 9.10. The summed E-state index contributed by atoms with van der Waals surface area (Å²) >= 11 is 3.38. The van der Waals surface area contributed by atoms with Gasteiger partial charge in [0.25, 0.3) is 5.91 Å². The van der Waals surface area contributed by atoms with Crippen LogP contribution >= 0.6 is 15.9 Å². The monoisotopic (exact) mass is 446 g/mol. The van der Waals surface area contributed by atoms with Crippen LogP contribution in [-0.2, 0) is 17.9 Å². The maximum Gasteiger partial charge on any atom is 0.261 e. The van der Waals surface area contributed by atoms with Gasteiger partial charge in [0, 0.05) is 30.7 Å². The van der Waals surface area contributed by atoms with Crippen molar-refractivity contribution in [3.63, 3.8) is 0 Å². The number of piperidine rings is 1. The van der Waals surface area contributed by atoms with E-state index in [1.54, 1.807) is 6.92 Å². The number of aliphatic hydroxyl groups excluding tert-OH is 1. The second-order valence-corrected chi connectivity index (χ2v) is 8.17. The summed E-state index contributed by atoms with van der Waals surface area (Å²) in [6.45, 7) is 5.00. The summed E-state index contributed by atoms with van der Waals surface area (Å²) in [5, 5.41) is 12.5. The van der Waals surface area contributed by atoms with Crippen molar-refractivity contribution < 1.29 is 14.6 Å². The third-order valence-electron chi connectivity index (χ3n) is 4.95. The van der Waals surface area contributed by atoms with Gasteiger partial charge in [0.05, 0.1) is 6.10 Å².